The Morgan fingerprint density at radius 1 is 1.08 bits per heavy atom. The molecule has 0 bridgehead atoms. The van der Waals surface area contributed by atoms with Crippen molar-refractivity contribution in [3.05, 3.63) is 60.3 Å². The quantitative estimate of drug-likeness (QED) is 0.528. The number of fused-ring (bicyclic) bond motifs is 1. The van der Waals surface area contributed by atoms with E-state index < -0.39 is 0 Å². The predicted octanol–water partition coefficient (Wildman–Crippen LogP) is 2.20. The zero-order valence-electron chi connectivity index (χ0n) is 13.0. The number of benzene rings is 1. The molecule has 1 aromatic carbocycles. The average molecular weight is 345 g/mol. The van der Waals surface area contributed by atoms with Crippen molar-refractivity contribution in [3.63, 3.8) is 0 Å². The highest BCUT2D eigenvalue weighted by Gasteiger charge is 2.12. The van der Waals surface area contributed by atoms with Crippen LogP contribution in [0.15, 0.2) is 54.7 Å². The van der Waals surface area contributed by atoms with Crippen LogP contribution < -0.4 is 16.3 Å². The molecule has 0 fully saturated rings. The highest BCUT2D eigenvalue weighted by molar-refractivity contribution is 7.22. The SMILES string of the molecule is [NH+]#Cc1cccc(-c2nc(N)c3cc(Nc4ccccn4)sc3n2)c1. The van der Waals surface area contributed by atoms with E-state index in [1.54, 1.807) is 12.3 Å². The lowest BCUT2D eigenvalue weighted by Gasteiger charge is -2.02. The van der Waals surface area contributed by atoms with Crippen LogP contribution in [0.25, 0.3) is 21.6 Å². The van der Waals surface area contributed by atoms with Gasteiger partial charge in [0.1, 0.15) is 22.0 Å². The van der Waals surface area contributed by atoms with E-state index in [4.69, 9.17) is 11.0 Å². The molecule has 4 rings (SSSR count). The van der Waals surface area contributed by atoms with E-state index in [0.717, 1.165) is 26.6 Å². The Kier molecular flexibility index (Phi) is 3.72. The third-order valence-corrected chi connectivity index (χ3v) is 4.55. The number of thiophene rings is 1. The van der Waals surface area contributed by atoms with Crippen LogP contribution in [0.1, 0.15) is 5.56 Å². The van der Waals surface area contributed by atoms with E-state index >= 15 is 0 Å². The molecule has 0 atom stereocenters. The van der Waals surface area contributed by atoms with E-state index in [9.17, 15) is 0 Å². The fourth-order valence-electron chi connectivity index (χ4n) is 2.43. The van der Waals surface area contributed by atoms with E-state index in [2.05, 4.69) is 26.3 Å². The zero-order valence-corrected chi connectivity index (χ0v) is 13.8. The van der Waals surface area contributed by atoms with Gasteiger partial charge in [0, 0.05) is 11.8 Å². The highest BCUT2D eigenvalue weighted by atomic mass is 32.1. The van der Waals surface area contributed by atoms with E-state index in [-0.39, 0.29) is 0 Å². The van der Waals surface area contributed by atoms with Gasteiger partial charge in [0.25, 0.3) is 0 Å². The second-order valence-electron chi connectivity index (χ2n) is 5.31. The average Bonchev–Trinajstić information content (AvgIpc) is 3.05. The van der Waals surface area contributed by atoms with Gasteiger partial charge in [-0.15, -0.1) is 0 Å². The summed E-state index contributed by atoms with van der Waals surface area (Å²) in [4.78, 5) is 14.1. The maximum atomic E-state index is 7.26. The third-order valence-electron chi connectivity index (χ3n) is 3.60. The number of nitrogens with zero attached hydrogens (tertiary/aromatic N) is 3. The minimum Gasteiger partial charge on any atom is -0.383 e. The molecule has 0 radical (unpaired) electrons. The van der Waals surface area contributed by atoms with Gasteiger partial charge in [0.15, 0.2) is 5.82 Å². The molecule has 25 heavy (non-hydrogen) atoms. The van der Waals surface area contributed by atoms with Crippen LogP contribution in [0, 0.1) is 6.07 Å². The topological polar surface area (TPSA) is 101 Å². The molecular weight excluding hydrogens is 332 g/mol. The molecule has 0 aliphatic heterocycles. The molecule has 3 aromatic heterocycles. The molecule has 4 aromatic rings. The Bertz CT molecular complexity index is 1100. The summed E-state index contributed by atoms with van der Waals surface area (Å²) in [5, 5.41) is 12.2. The predicted molar refractivity (Wildman–Crippen MR) is 98.7 cm³/mol. The summed E-state index contributed by atoms with van der Waals surface area (Å²) in [5.74, 6) is 1.72. The van der Waals surface area contributed by atoms with Gasteiger partial charge in [0.05, 0.1) is 10.4 Å². The minimum absolute atomic E-state index is 0.426. The number of nitrogen functional groups attached to an aromatic ring is 1. The van der Waals surface area contributed by atoms with E-state index in [1.807, 2.05) is 42.5 Å². The Morgan fingerprint density at radius 3 is 2.80 bits per heavy atom. The number of pyridine rings is 1. The number of aromatic nitrogens is 3. The van der Waals surface area contributed by atoms with Gasteiger partial charge in [-0.1, -0.05) is 34.8 Å². The van der Waals surface area contributed by atoms with Crippen LogP contribution >= 0.6 is 11.3 Å². The van der Waals surface area contributed by atoms with Crippen molar-refractivity contribution in [2.45, 2.75) is 0 Å². The van der Waals surface area contributed by atoms with Gasteiger partial charge >= 0.3 is 6.07 Å². The van der Waals surface area contributed by atoms with Crippen LogP contribution in [-0.4, -0.2) is 15.0 Å². The summed E-state index contributed by atoms with van der Waals surface area (Å²) < 4.78 is 0. The number of rotatable bonds is 3. The molecule has 0 saturated carbocycles. The van der Waals surface area contributed by atoms with Crippen LogP contribution in [0.2, 0.25) is 0 Å². The van der Waals surface area contributed by atoms with Crippen molar-refractivity contribution in [3.8, 4) is 17.5 Å². The Morgan fingerprint density at radius 2 is 2.00 bits per heavy atom. The molecule has 6 nitrogen and oxygen atoms in total. The molecular formula is C18H13N6S+. The second-order valence-corrected chi connectivity index (χ2v) is 6.34. The Labute approximate surface area is 147 Å². The van der Waals surface area contributed by atoms with Crippen molar-refractivity contribution in [2.75, 3.05) is 11.1 Å². The largest absolute Gasteiger partial charge is 0.383 e. The first-order chi connectivity index (χ1) is 12.2. The Balaban J connectivity index is 1.75. The second kappa shape index (κ2) is 6.19. The zero-order chi connectivity index (χ0) is 17.2. The number of nitrogens with one attached hydrogen (secondary N) is 2. The molecule has 4 N–H and O–H groups in total. The molecule has 3 heterocycles. The molecule has 0 unspecified atom stereocenters. The molecule has 120 valence electrons. The molecule has 0 aliphatic carbocycles. The summed E-state index contributed by atoms with van der Waals surface area (Å²) >= 11 is 1.49. The van der Waals surface area contributed by atoms with E-state index in [0.29, 0.717) is 17.2 Å². The van der Waals surface area contributed by atoms with Crippen molar-refractivity contribution in [1.82, 2.24) is 15.0 Å². The Hall–Kier alpha value is -3.50. The number of hydrogen-bond acceptors (Lipinski definition) is 6. The fourth-order valence-corrected chi connectivity index (χ4v) is 3.38. The molecule has 0 spiro atoms. The van der Waals surface area contributed by atoms with Gasteiger partial charge in [-0.25, -0.2) is 15.0 Å². The van der Waals surface area contributed by atoms with Gasteiger partial charge in [-0.05, 0) is 30.3 Å². The summed E-state index contributed by atoms with van der Waals surface area (Å²) in [7, 11) is 0. The first-order valence-electron chi connectivity index (χ1n) is 7.51. The smallest absolute Gasteiger partial charge is 0.308 e. The first-order valence-corrected chi connectivity index (χ1v) is 8.33. The summed E-state index contributed by atoms with van der Waals surface area (Å²) in [6.07, 6.45) is 1.73. The number of hydrogen-bond donors (Lipinski definition) is 3. The molecule has 0 amide bonds. The molecule has 0 saturated heterocycles. The number of nitrogens with two attached hydrogens (primary N) is 1. The normalized spacial score (nSPS) is 10.5. The van der Waals surface area contributed by atoms with Gasteiger partial charge in [-0.3, -0.25) is 0 Å². The first kappa shape index (κ1) is 15.1. The number of anilines is 3. The highest BCUT2D eigenvalue weighted by Crippen LogP contribution is 2.34. The van der Waals surface area contributed by atoms with Crippen molar-refractivity contribution < 1.29 is 5.26 Å². The lowest BCUT2D eigenvalue weighted by molar-refractivity contribution is -0.0909. The lowest BCUT2D eigenvalue weighted by atomic mass is 10.1. The van der Waals surface area contributed by atoms with Gasteiger partial charge in [-0.2, -0.15) is 0 Å². The molecule has 7 heteroatoms. The van der Waals surface area contributed by atoms with Crippen molar-refractivity contribution in [2.24, 2.45) is 0 Å². The maximum absolute atomic E-state index is 7.26. The van der Waals surface area contributed by atoms with Crippen LogP contribution in [-0.2, 0) is 0 Å². The standard InChI is InChI=1S/C18H12N6S/c19-10-11-4-3-5-12(8-11)17-23-16(20)13-9-15(25-18(13)24-17)22-14-6-1-2-7-21-14/h1-9H,(H,21,22)(H2,20,23,24)/p+1. The van der Waals surface area contributed by atoms with Crippen LogP contribution in [0.3, 0.4) is 0 Å². The van der Waals surface area contributed by atoms with Crippen molar-refractivity contribution >= 4 is 38.2 Å². The van der Waals surface area contributed by atoms with Crippen LogP contribution in [0.5, 0.6) is 0 Å². The van der Waals surface area contributed by atoms with Crippen LogP contribution in [0.4, 0.5) is 16.6 Å². The molecule has 0 aliphatic rings. The minimum atomic E-state index is 0.426. The summed E-state index contributed by atoms with van der Waals surface area (Å²) in [6, 6.07) is 17.3. The van der Waals surface area contributed by atoms with Crippen molar-refractivity contribution in [1.29, 1.82) is 0 Å². The lowest BCUT2D eigenvalue weighted by Crippen LogP contribution is -2.17. The maximum Gasteiger partial charge on any atom is 0.308 e. The monoisotopic (exact) mass is 345 g/mol. The third kappa shape index (κ3) is 2.98. The summed E-state index contributed by atoms with van der Waals surface area (Å²) in [6.45, 7) is 0. The van der Waals surface area contributed by atoms with Gasteiger partial charge < -0.3 is 11.1 Å². The summed E-state index contributed by atoms with van der Waals surface area (Å²) in [5.41, 5.74) is 7.61. The fraction of sp³-hybridized carbons (Fsp3) is 0. The van der Waals surface area contributed by atoms with E-state index in [1.165, 1.54) is 11.3 Å². The van der Waals surface area contributed by atoms with Gasteiger partial charge in [0.2, 0.25) is 0 Å².